The van der Waals surface area contributed by atoms with E-state index in [1.807, 2.05) is 6.92 Å². The highest BCUT2D eigenvalue weighted by Gasteiger charge is 1.92. The van der Waals surface area contributed by atoms with Crippen LogP contribution in [-0.4, -0.2) is 46.0 Å². The third kappa shape index (κ3) is 9.45. The minimum atomic E-state index is 0.620. The zero-order valence-corrected chi connectivity index (χ0v) is 9.58. The van der Waals surface area contributed by atoms with Gasteiger partial charge in [-0.1, -0.05) is 0 Å². The molecule has 0 heterocycles. The van der Waals surface area contributed by atoms with E-state index >= 15 is 0 Å². The molecule has 0 saturated heterocycles. The number of hydrogen-bond donors (Lipinski definition) is 3. The van der Waals surface area contributed by atoms with E-state index in [0.717, 1.165) is 13.0 Å². The van der Waals surface area contributed by atoms with Crippen LogP contribution < -0.4 is 16.6 Å². The van der Waals surface area contributed by atoms with Crippen molar-refractivity contribution in [2.75, 3.05) is 40.0 Å². The van der Waals surface area contributed by atoms with Crippen LogP contribution in [-0.2, 0) is 9.47 Å². The van der Waals surface area contributed by atoms with E-state index in [4.69, 9.17) is 15.3 Å². The van der Waals surface area contributed by atoms with Crippen LogP contribution in [0.15, 0.2) is 4.99 Å². The second-order valence-corrected chi connectivity index (χ2v) is 2.86. The molecule has 0 aromatic heterocycles. The lowest BCUT2D eigenvalue weighted by atomic mass is 10.4. The molecule has 0 aliphatic rings. The Labute approximate surface area is 91.2 Å². The summed E-state index contributed by atoms with van der Waals surface area (Å²) in [6.45, 7) is 5.44. The van der Waals surface area contributed by atoms with Gasteiger partial charge in [0.2, 0.25) is 5.96 Å². The number of aliphatic imine (C=N–C) groups is 1. The molecule has 0 spiro atoms. The van der Waals surface area contributed by atoms with Crippen LogP contribution in [0.1, 0.15) is 13.3 Å². The van der Waals surface area contributed by atoms with Gasteiger partial charge in [0.25, 0.3) is 0 Å². The molecule has 0 aromatic rings. The van der Waals surface area contributed by atoms with Crippen molar-refractivity contribution in [3.63, 3.8) is 0 Å². The molecule has 4 N–H and O–H groups in total. The predicted octanol–water partition coefficient (Wildman–Crippen LogP) is -0.532. The summed E-state index contributed by atoms with van der Waals surface area (Å²) in [5.41, 5.74) is 2.49. The van der Waals surface area contributed by atoms with Gasteiger partial charge < -0.3 is 14.8 Å². The maximum absolute atomic E-state index is 5.28. The third-order valence-electron chi connectivity index (χ3n) is 1.63. The average Bonchev–Trinajstić information content (AvgIpc) is 2.26. The molecule has 15 heavy (non-hydrogen) atoms. The Morgan fingerprint density at radius 3 is 2.73 bits per heavy atom. The van der Waals surface area contributed by atoms with Gasteiger partial charge in [-0.3, -0.25) is 10.4 Å². The molecule has 0 unspecified atom stereocenters. The molecule has 90 valence electrons. The van der Waals surface area contributed by atoms with E-state index in [9.17, 15) is 0 Å². The number of nitrogens with zero attached hydrogens (tertiary/aromatic N) is 1. The van der Waals surface area contributed by atoms with Crippen LogP contribution in [0.25, 0.3) is 0 Å². The summed E-state index contributed by atoms with van der Waals surface area (Å²) in [6.07, 6.45) is 0.875. The second kappa shape index (κ2) is 11.2. The Hall–Kier alpha value is -0.850. The number of rotatable bonds is 8. The molecule has 0 amide bonds. The van der Waals surface area contributed by atoms with Gasteiger partial charge in [0, 0.05) is 26.8 Å². The van der Waals surface area contributed by atoms with E-state index in [1.54, 1.807) is 7.11 Å². The summed E-state index contributed by atoms with van der Waals surface area (Å²) < 4.78 is 10.1. The normalized spacial score (nSPS) is 11.5. The van der Waals surface area contributed by atoms with Gasteiger partial charge in [0.05, 0.1) is 13.2 Å². The predicted molar refractivity (Wildman–Crippen MR) is 60.6 cm³/mol. The number of hydrogen-bond acceptors (Lipinski definition) is 4. The molecule has 0 aliphatic heterocycles. The lowest BCUT2D eigenvalue weighted by Crippen LogP contribution is -2.41. The fraction of sp³-hybridized carbons (Fsp3) is 0.889. The topological polar surface area (TPSA) is 80.9 Å². The van der Waals surface area contributed by atoms with Gasteiger partial charge in [-0.05, 0) is 13.3 Å². The third-order valence-corrected chi connectivity index (χ3v) is 1.63. The van der Waals surface area contributed by atoms with Crippen LogP contribution in [0.3, 0.4) is 0 Å². The molecule has 0 rings (SSSR count). The summed E-state index contributed by atoms with van der Waals surface area (Å²) in [4.78, 5) is 4.21. The van der Waals surface area contributed by atoms with Crippen molar-refractivity contribution in [1.29, 1.82) is 0 Å². The van der Waals surface area contributed by atoms with E-state index in [2.05, 4.69) is 15.7 Å². The van der Waals surface area contributed by atoms with Gasteiger partial charge in [-0.15, -0.1) is 0 Å². The van der Waals surface area contributed by atoms with Crippen LogP contribution in [0, 0.1) is 0 Å². The van der Waals surface area contributed by atoms with E-state index < -0.39 is 0 Å². The maximum Gasteiger partial charge on any atom is 0.205 e. The second-order valence-electron chi connectivity index (χ2n) is 2.86. The zero-order valence-electron chi connectivity index (χ0n) is 9.58. The SMILES string of the molecule is CCNC(=NCCCOCCOC)NN. The molecule has 0 saturated carbocycles. The minimum Gasteiger partial charge on any atom is -0.382 e. The lowest BCUT2D eigenvalue weighted by molar-refractivity contribution is 0.0702. The van der Waals surface area contributed by atoms with E-state index in [1.165, 1.54) is 0 Å². The van der Waals surface area contributed by atoms with Crippen molar-refractivity contribution < 1.29 is 9.47 Å². The van der Waals surface area contributed by atoms with Crippen molar-refractivity contribution in [2.45, 2.75) is 13.3 Å². The van der Waals surface area contributed by atoms with Crippen molar-refractivity contribution in [3.05, 3.63) is 0 Å². The number of ether oxygens (including phenoxy) is 2. The molecule has 0 aromatic carbocycles. The van der Waals surface area contributed by atoms with Gasteiger partial charge in [0.15, 0.2) is 0 Å². The lowest BCUT2D eigenvalue weighted by Gasteiger charge is -2.06. The smallest absolute Gasteiger partial charge is 0.205 e. The van der Waals surface area contributed by atoms with Gasteiger partial charge in [-0.25, -0.2) is 5.84 Å². The van der Waals surface area contributed by atoms with Crippen LogP contribution in [0.5, 0.6) is 0 Å². The molecule has 0 fully saturated rings. The van der Waals surface area contributed by atoms with Crippen molar-refractivity contribution in [1.82, 2.24) is 10.7 Å². The first-order valence-electron chi connectivity index (χ1n) is 5.16. The highest BCUT2D eigenvalue weighted by atomic mass is 16.5. The van der Waals surface area contributed by atoms with E-state index in [0.29, 0.717) is 32.3 Å². The first kappa shape index (κ1) is 14.2. The quantitative estimate of drug-likeness (QED) is 0.168. The van der Waals surface area contributed by atoms with Crippen LogP contribution in [0.4, 0.5) is 0 Å². The number of hydrazine groups is 1. The fourth-order valence-electron chi connectivity index (χ4n) is 0.922. The molecule has 0 atom stereocenters. The Balaban J connectivity index is 3.33. The Kier molecular flexibility index (Phi) is 10.6. The maximum atomic E-state index is 5.28. The van der Waals surface area contributed by atoms with Crippen molar-refractivity contribution in [2.24, 2.45) is 10.8 Å². The van der Waals surface area contributed by atoms with Crippen LogP contribution >= 0.6 is 0 Å². The summed E-state index contributed by atoms with van der Waals surface area (Å²) in [5.74, 6) is 5.87. The summed E-state index contributed by atoms with van der Waals surface area (Å²) in [5, 5.41) is 3.00. The number of guanidine groups is 1. The highest BCUT2D eigenvalue weighted by molar-refractivity contribution is 5.78. The van der Waals surface area contributed by atoms with Gasteiger partial charge in [0.1, 0.15) is 0 Å². The Bertz CT molecular complexity index is 164. The molecule has 6 nitrogen and oxygen atoms in total. The molecule has 0 radical (unpaired) electrons. The molecule has 6 heteroatoms. The highest BCUT2D eigenvalue weighted by Crippen LogP contribution is 1.84. The zero-order chi connectivity index (χ0) is 11.4. The average molecular weight is 218 g/mol. The Morgan fingerprint density at radius 2 is 2.13 bits per heavy atom. The molecular formula is C9H22N4O2. The first-order valence-corrected chi connectivity index (χ1v) is 5.16. The van der Waals surface area contributed by atoms with Crippen molar-refractivity contribution >= 4 is 5.96 Å². The fourth-order valence-corrected chi connectivity index (χ4v) is 0.922. The summed E-state index contributed by atoms with van der Waals surface area (Å²) >= 11 is 0. The largest absolute Gasteiger partial charge is 0.382 e. The molecule has 0 aliphatic carbocycles. The standard InChI is InChI=1S/C9H22N4O2/c1-3-11-9(13-10)12-5-4-6-15-8-7-14-2/h3-8,10H2,1-2H3,(H2,11,12,13). The molecule has 0 bridgehead atoms. The monoisotopic (exact) mass is 218 g/mol. The van der Waals surface area contributed by atoms with Crippen LogP contribution in [0.2, 0.25) is 0 Å². The van der Waals surface area contributed by atoms with Crippen molar-refractivity contribution in [3.8, 4) is 0 Å². The van der Waals surface area contributed by atoms with E-state index in [-0.39, 0.29) is 0 Å². The van der Waals surface area contributed by atoms with Gasteiger partial charge in [-0.2, -0.15) is 0 Å². The summed E-state index contributed by atoms with van der Waals surface area (Å²) in [6, 6.07) is 0. The van der Waals surface area contributed by atoms with Gasteiger partial charge >= 0.3 is 0 Å². The first-order chi connectivity index (χ1) is 7.35. The minimum absolute atomic E-state index is 0.620. The Morgan fingerprint density at radius 1 is 1.33 bits per heavy atom. The number of nitrogens with two attached hydrogens (primary N) is 1. The number of nitrogens with one attached hydrogen (secondary N) is 2. The number of methoxy groups -OCH3 is 1. The summed E-state index contributed by atoms with van der Waals surface area (Å²) in [7, 11) is 1.66. The molecular weight excluding hydrogens is 196 g/mol.